The van der Waals surface area contributed by atoms with Crippen LogP contribution in [0, 0.1) is 0 Å². The van der Waals surface area contributed by atoms with Crippen molar-refractivity contribution in [3.05, 3.63) is 18.2 Å². The summed E-state index contributed by atoms with van der Waals surface area (Å²) in [6, 6.07) is 0.271. The molecule has 1 amide bonds. The summed E-state index contributed by atoms with van der Waals surface area (Å²) in [6.45, 7) is 4.60. The minimum absolute atomic E-state index is 0.229. The molecule has 5 heteroatoms. The molecule has 1 aliphatic rings. The molecule has 1 aromatic rings. The van der Waals surface area contributed by atoms with Crippen molar-refractivity contribution >= 4 is 5.91 Å². The maximum Gasteiger partial charge on any atom is 0.223 e. The Balaban J connectivity index is 1.81. The van der Waals surface area contributed by atoms with Crippen LogP contribution in [0.1, 0.15) is 32.0 Å². The fourth-order valence-corrected chi connectivity index (χ4v) is 2.38. The van der Waals surface area contributed by atoms with E-state index >= 15 is 0 Å². The van der Waals surface area contributed by atoms with E-state index in [1.807, 2.05) is 11.1 Å². The number of nitrogens with two attached hydrogens (primary N) is 1. The minimum atomic E-state index is 0.229. The zero-order valence-corrected chi connectivity index (χ0v) is 11.0. The maximum atomic E-state index is 12.0. The van der Waals surface area contributed by atoms with E-state index in [-0.39, 0.29) is 11.9 Å². The zero-order valence-electron chi connectivity index (χ0n) is 11.0. The van der Waals surface area contributed by atoms with Crippen molar-refractivity contribution in [2.75, 3.05) is 13.1 Å². The SMILES string of the molecule is CCn1ccnc1CCC(=O)N1CCC(N)CC1. The van der Waals surface area contributed by atoms with Crippen LogP contribution < -0.4 is 5.73 Å². The molecule has 18 heavy (non-hydrogen) atoms. The van der Waals surface area contributed by atoms with Gasteiger partial charge in [0.15, 0.2) is 0 Å². The Hall–Kier alpha value is -1.36. The highest BCUT2D eigenvalue weighted by Crippen LogP contribution is 2.11. The molecular formula is C13H22N4O. The van der Waals surface area contributed by atoms with Crippen LogP contribution in [0.25, 0.3) is 0 Å². The molecule has 0 atom stereocenters. The molecule has 1 saturated heterocycles. The van der Waals surface area contributed by atoms with E-state index in [0.717, 1.165) is 44.7 Å². The number of hydrogen-bond acceptors (Lipinski definition) is 3. The van der Waals surface area contributed by atoms with Gasteiger partial charge in [0.25, 0.3) is 0 Å². The molecule has 2 rings (SSSR count). The molecule has 0 aliphatic carbocycles. The van der Waals surface area contributed by atoms with Crippen molar-refractivity contribution in [1.82, 2.24) is 14.5 Å². The highest BCUT2D eigenvalue weighted by Gasteiger charge is 2.20. The first kappa shape index (κ1) is 13.1. The van der Waals surface area contributed by atoms with Gasteiger partial charge in [-0.1, -0.05) is 0 Å². The summed E-state index contributed by atoms with van der Waals surface area (Å²) in [4.78, 5) is 18.3. The van der Waals surface area contributed by atoms with E-state index in [4.69, 9.17) is 5.73 Å². The fourth-order valence-electron chi connectivity index (χ4n) is 2.38. The van der Waals surface area contributed by atoms with Gasteiger partial charge in [-0.15, -0.1) is 0 Å². The van der Waals surface area contributed by atoms with Gasteiger partial charge >= 0.3 is 0 Å². The summed E-state index contributed by atoms with van der Waals surface area (Å²) in [6.07, 6.45) is 6.88. The van der Waals surface area contributed by atoms with Crippen molar-refractivity contribution in [2.45, 2.75) is 45.2 Å². The third-order valence-corrected chi connectivity index (χ3v) is 3.60. The third-order valence-electron chi connectivity index (χ3n) is 3.60. The Labute approximate surface area is 108 Å². The van der Waals surface area contributed by atoms with E-state index in [9.17, 15) is 4.79 Å². The Morgan fingerprint density at radius 2 is 2.22 bits per heavy atom. The van der Waals surface area contributed by atoms with Gasteiger partial charge in [-0.3, -0.25) is 4.79 Å². The monoisotopic (exact) mass is 250 g/mol. The molecule has 1 aromatic heterocycles. The van der Waals surface area contributed by atoms with Gasteiger partial charge in [0.2, 0.25) is 5.91 Å². The number of aromatic nitrogens is 2. The Morgan fingerprint density at radius 3 is 2.89 bits per heavy atom. The highest BCUT2D eigenvalue weighted by atomic mass is 16.2. The van der Waals surface area contributed by atoms with E-state index in [1.54, 1.807) is 6.20 Å². The standard InChI is InChI=1S/C13H22N4O/c1-2-16-10-7-15-12(16)3-4-13(18)17-8-5-11(14)6-9-17/h7,10-11H,2-6,8-9,14H2,1H3. The number of aryl methyl sites for hydroxylation is 2. The average molecular weight is 250 g/mol. The molecule has 100 valence electrons. The molecule has 0 unspecified atom stereocenters. The summed E-state index contributed by atoms with van der Waals surface area (Å²) >= 11 is 0. The zero-order chi connectivity index (χ0) is 13.0. The number of carbonyl (C=O) groups excluding carboxylic acids is 1. The molecule has 0 radical (unpaired) electrons. The molecule has 2 heterocycles. The lowest BCUT2D eigenvalue weighted by atomic mass is 10.1. The number of imidazole rings is 1. The molecule has 2 N–H and O–H groups in total. The second-order valence-electron chi connectivity index (χ2n) is 4.85. The van der Waals surface area contributed by atoms with Crippen LogP contribution in [0.5, 0.6) is 0 Å². The number of amides is 1. The molecular weight excluding hydrogens is 228 g/mol. The van der Waals surface area contributed by atoms with Crippen LogP contribution in [0.15, 0.2) is 12.4 Å². The molecule has 0 spiro atoms. The largest absolute Gasteiger partial charge is 0.343 e. The second kappa shape index (κ2) is 6.00. The highest BCUT2D eigenvalue weighted by molar-refractivity contribution is 5.76. The summed E-state index contributed by atoms with van der Waals surface area (Å²) in [5.74, 6) is 1.23. The predicted octanol–water partition coefficient (Wildman–Crippen LogP) is 0.785. The van der Waals surface area contributed by atoms with Gasteiger partial charge in [0, 0.05) is 50.9 Å². The summed E-state index contributed by atoms with van der Waals surface area (Å²) < 4.78 is 2.08. The van der Waals surface area contributed by atoms with Gasteiger partial charge in [0.05, 0.1) is 0 Å². The number of hydrogen-bond donors (Lipinski definition) is 1. The van der Waals surface area contributed by atoms with Gasteiger partial charge in [-0.25, -0.2) is 4.98 Å². The summed E-state index contributed by atoms with van der Waals surface area (Å²) in [7, 11) is 0. The topological polar surface area (TPSA) is 64.2 Å². The Kier molecular flexibility index (Phi) is 4.36. The molecule has 1 aliphatic heterocycles. The number of nitrogens with zero attached hydrogens (tertiary/aromatic N) is 3. The van der Waals surface area contributed by atoms with E-state index in [0.29, 0.717) is 6.42 Å². The normalized spacial score (nSPS) is 17.1. The van der Waals surface area contributed by atoms with Crippen molar-refractivity contribution in [1.29, 1.82) is 0 Å². The average Bonchev–Trinajstić information content (AvgIpc) is 2.84. The van der Waals surface area contributed by atoms with E-state index in [2.05, 4.69) is 16.5 Å². The Bertz CT molecular complexity index is 393. The van der Waals surface area contributed by atoms with Crippen LogP contribution in [-0.2, 0) is 17.8 Å². The van der Waals surface area contributed by atoms with Crippen molar-refractivity contribution in [2.24, 2.45) is 5.73 Å². The van der Waals surface area contributed by atoms with E-state index < -0.39 is 0 Å². The van der Waals surface area contributed by atoms with Gasteiger partial charge in [-0.05, 0) is 19.8 Å². The first-order valence-electron chi connectivity index (χ1n) is 6.74. The first-order valence-corrected chi connectivity index (χ1v) is 6.74. The smallest absolute Gasteiger partial charge is 0.223 e. The van der Waals surface area contributed by atoms with Crippen LogP contribution in [0.3, 0.4) is 0 Å². The summed E-state index contributed by atoms with van der Waals surface area (Å²) in [5, 5.41) is 0. The maximum absolute atomic E-state index is 12.0. The van der Waals surface area contributed by atoms with Crippen molar-refractivity contribution in [3.63, 3.8) is 0 Å². The number of carbonyl (C=O) groups is 1. The number of rotatable bonds is 4. The Morgan fingerprint density at radius 1 is 1.50 bits per heavy atom. The molecule has 0 aromatic carbocycles. The predicted molar refractivity (Wildman–Crippen MR) is 70.0 cm³/mol. The lowest BCUT2D eigenvalue weighted by Gasteiger charge is -2.30. The van der Waals surface area contributed by atoms with Gasteiger partial charge < -0.3 is 15.2 Å². The van der Waals surface area contributed by atoms with Crippen LogP contribution in [0.4, 0.5) is 0 Å². The van der Waals surface area contributed by atoms with Crippen molar-refractivity contribution < 1.29 is 4.79 Å². The van der Waals surface area contributed by atoms with Gasteiger partial charge in [0.1, 0.15) is 5.82 Å². The third kappa shape index (κ3) is 3.10. The quantitative estimate of drug-likeness (QED) is 0.859. The van der Waals surface area contributed by atoms with Crippen molar-refractivity contribution in [3.8, 4) is 0 Å². The molecule has 1 fully saturated rings. The molecule has 0 saturated carbocycles. The van der Waals surface area contributed by atoms with Crippen LogP contribution in [-0.4, -0.2) is 39.5 Å². The minimum Gasteiger partial charge on any atom is -0.343 e. The lowest BCUT2D eigenvalue weighted by molar-refractivity contribution is -0.132. The first-order chi connectivity index (χ1) is 8.70. The molecule has 0 bridgehead atoms. The number of piperidine rings is 1. The summed E-state index contributed by atoms with van der Waals surface area (Å²) in [5.41, 5.74) is 5.83. The second-order valence-corrected chi connectivity index (χ2v) is 4.85. The fraction of sp³-hybridized carbons (Fsp3) is 0.692. The van der Waals surface area contributed by atoms with Crippen LogP contribution in [0.2, 0.25) is 0 Å². The van der Waals surface area contributed by atoms with Crippen LogP contribution >= 0.6 is 0 Å². The molecule has 5 nitrogen and oxygen atoms in total. The lowest BCUT2D eigenvalue weighted by Crippen LogP contribution is -2.42. The number of likely N-dealkylation sites (tertiary alicyclic amines) is 1. The van der Waals surface area contributed by atoms with E-state index in [1.165, 1.54) is 0 Å². The van der Waals surface area contributed by atoms with Gasteiger partial charge in [-0.2, -0.15) is 0 Å².